The molecule has 0 aromatic heterocycles. The molecule has 0 unspecified atom stereocenters. The third-order valence-corrected chi connectivity index (χ3v) is 8.92. The van der Waals surface area contributed by atoms with Crippen LogP contribution in [-0.4, -0.2) is 13.7 Å². The lowest BCUT2D eigenvalue weighted by molar-refractivity contribution is 0.600. The number of anilines is 2. The summed E-state index contributed by atoms with van der Waals surface area (Å²) < 4.78 is 28.1. The van der Waals surface area contributed by atoms with Gasteiger partial charge in [0.1, 0.15) is 0 Å². The molecule has 5 heteroatoms. The van der Waals surface area contributed by atoms with Crippen molar-refractivity contribution in [2.45, 2.75) is 18.1 Å². The lowest BCUT2D eigenvalue weighted by atomic mass is 9.91. The molecule has 4 nitrogen and oxygen atoms in total. The molecule has 0 heterocycles. The molecule has 4 aromatic carbocycles. The van der Waals surface area contributed by atoms with Crippen molar-refractivity contribution in [3.8, 4) is 22.3 Å². The Labute approximate surface area is 198 Å². The van der Waals surface area contributed by atoms with Crippen LogP contribution in [0.3, 0.4) is 0 Å². The maximum absolute atomic E-state index is 12.6. The molecule has 3 N–H and O–H groups in total. The third-order valence-electron chi connectivity index (χ3n) is 7.05. The minimum Gasteiger partial charge on any atom is -0.399 e. The summed E-state index contributed by atoms with van der Waals surface area (Å²) in [5.74, 6) is 0. The zero-order valence-corrected chi connectivity index (χ0v) is 19.2. The number of nitrogens with one attached hydrogen (secondary N) is 1. The van der Waals surface area contributed by atoms with Gasteiger partial charge in [0, 0.05) is 11.4 Å². The third kappa shape index (κ3) is 2.80. The van der Waals surface area contributed by atoms with Crippen molar-refractivity contribution in [2.24, 2.45) is 0 Å². The molecule has 0 spiro atoms. The number of hydrogen-bond donors (Lipinski definition) is 2. The van der Waals surface area contributed by atoms with Crippen molar-refractivity contribution in [1.29, 1.82) is 0 Å². The van der Waals surface area contributed by atoms with Gasteiger partial charge in [0.25, 0.3) is 0 Å². The standard InChI is InChI=1S/C29H22N2O2S/c30-17-9-13-22-20-5-1-3-7-24(20)28(26(22)15-17)29-25-8-4-2-6-21(25)23-14-10-18(16-27(23)29)31-34(32,33)19-11-12-19/h1-10,13-16,19,31H,11-12,30H2/b29-28+. The van der Waals surface area contributed by atoms with Gasteiger partial charge in [-0.3, -0.25) is 4.72 Å². The zero-order valence-electron chi connectivity index (χ0n) is 18.4. The molecule has 7 rings (SSSR count). The Morgan fingerprint density at radius 2 is 1.12 bits per heavy atom. The van der Waals surface area contributed by atoms with Crippen molar-refractivity contribution < 1.29 is 8.42 Å². The number of benzene rings is 4. The van der Waals surface area contributed by atoms with Gasteiger partial charge >= 0.3 is 0 Å². The van der Waals surface area contributed by atoms with Crippen LogP contribution in [-0.2, 0) is 10.0 Å². The van der Waals surface area contributed by atoms with Crippen LogP contribution in [0.4, 0.5) is 11.4 Å². The van der Waals surface area contributed by atoms with E-state index >= 15 is 0 Å². The van der Waals surface area contributed by atoms with Crippen LogP contribution in [0.1, 0.15) is 35.1 Å². The lowest BCUT2D eigenvalue weighted by Gasteiger charge is -2.13. The molecule has 3 aliphatic carbocycles. The lowest BCUT2D eigenvalue weighted by Crippen LogP contribution is -2.17. The Bertz CT molecular complexity index is 1660. The summed E-state index contributed by atoms with van der Waals surface area (Å²) in [6, 6.07) is 28.8. The average molecular weight is 463 g/mol. The highest BCUT2D eigenvalue weighted by molar-refractivity contribution is 7.93. The Morgan fingerprint density at radius 1 is 0.618 bits per heavy atom. The number of nitrogen functional groups attached to an aromatic ring is 1. The molecule has 34 heavy (non-hydrogen) atoms. The maximum Gasteiger partial charge on any atom is 0.235 e. The molecule has 0 atom stereocenters. The first-order valence-corrected chi connectivity index (χ1v) is 13.1. The van der Waals surface area contributed by atoms with Crippen molar-refractivity contribution in [2.75, 3.05) is 10.5 Å². The van der Waals surface area contributed by atoms with Crippen molar-refractivity contribution in [1.82, 2.24) is 0 Å². The summed E-state index contributed by atoms with van der Waals surface area (Å²) in [5.41, 5.74) is 19.0. The van der Waals surface area contributed by atoms with Crippen LogP contribution in [0.5, 0.6) is 0 Å². The van der Waals surface area contributed by atoms with Crippen LogP contribution >= 0.6 is 0 Å². The molecular formula is C29H22N2O2S. The van der Waals surface area contributed by atoms with Crippen LogP contribution in [0.25, 0.3) is 33.4 Å². The predicted molar refractivity (Wildman–Crippen MR) is 139 cm³/mol. The minimum absolute atomic E-state index is 0.271. The predicted octanol–water partition coefficient (Wildman–Crippen LogP) is 6.14. The number of fused-ring (bicyclic) bond motifs is 6. The number of sulfonamides is 1. The van der Waals surface area contributed by atoms with E-state index in [1.165, 1.54) is 16.7 Å². The van der Waals surface area contributed by atoms with Gasteiger partial charge in [-0.15, -0.1) is 0 Å². The summed E-state index contributed by atoms with van der Waals surface area (Å²) in [6.45, 7) is 0. The Kier molecular flexibility index (Phi) is 3.95. The van der Waals surface area contributed by atoms with Gasteiger partial charge in [0.05, 0.1) is 5.25 Å². The molecule has 1 fully saturated rings. The molecular weight excluding hydrogens is 440 g/mol. The van der Waals surface area contributed by atoms with Crippen LogP contribution in [0.15, 0.2) is 84.9 Å². The van der Waals surface area contributed by atoms with E-state index in [2.05, 4.69) is 65.4 Å². The normalized spacial score (nSPS) is 17.6. The van der Waals surface area contributed by atoms with Gasteiger partial charge in [-0.2, -0.15) is 0 Å². The Balaban J connectivity index is 1.53. The van der Waals surface area contributed by atoms with Gasteiger partial charge in [-0.1, -0.05) is 60.7 Å². The fourth-order valence-electron chi connectivity index (χ4n) is 5.38. The van der Waals surface area contributed by atoms with E-state index in [9.17, 15) is 8.42 Å². The van der Waals surface area contributed by atoms with E-state index in [1.54, 1.807) is 0 Å². The quantitative estimate of drug-likeness (QED) is 0.310. The van der Waals surface area contributed by atoms with Gasteiger partial charge in [0.15, 0.2) is 0 Å². The summed E-state index contributed by atoms with van der Waals surface area (Å²) in [5, 5.41) is -0.271. The fraction of sp³-hybridized carbons (Fsp3) is 0.103. The molecule has 0 amide bonds. The highest BCUT2D eigenvalue weighted by atomic mass is 32.2. The molecule has 0 radical (unpaired) electrons. The minimum atomic E-state index is -3.35. The SMILES string of the molecule is Nc1ccc2c(c1)/C(=C1\c3ccccc3-c3ccc(NS(=O)(=O)C4CC4)cc31)c1ccccc1-2. The van der Waals surface area contributed by atoms with Crippen molar-refractivity contribution in [3.05, 3.63) is 107 Å². The number of nitrogens with two attached hydrogens (primary N) is 1. The largest absolute Gasteiger partial charge is 0.399 e. The van der Waals surface area contributed by atoms with Gasteiger partial charge in [-0.05, 0) is 92.8 Å². The Hall–Kier alpha value is -3.83. The molecule has 0 aliphatic heterocycles. The summed E-state index contributed by atoms with van der Waals surface area (Å²) in [4.78, 5) is 0. The van der Waals surface area contributed by atoms with E-state index < -0.39 is 10.0 Å². The second-order valence-electron chi connectivity index (χ2n) is 9.25. The molecule has 0 saturated heterocycles. The molecule has 166 valence electrons. The van der Waals surface area contributed by atoms with Crippen LogP contribution < -0.4 is 10.5 Å². The van der Waals surface area contributed by atoms with Gasteiger partial charge in [-0.25, -0.2) is 8.42 Å². The van der Waals surface area contributed by atoms with Crippen LogP contribution in [0.2, 0.25) is 0 Å². The smallest absolute Gasteiger partial charge is 0.235 e. The van der Waals surface area contributed by atoms with E-state index in [-0.39, 0.29) is 5.25 Å². The maximum atomic E-state index is 12.6. The summed E-state index contributed by atoms with van der Waals surface area (Å²) >= 11 is 0. The van der Waals surface area contributed by atoms with Gasteiger partial charge in [0.2, 0.25) is 10.0 Å². The van der Waals surface area contributed by atoms with Gasteiger partial charge < -0.3 is 5.73 Å². The zero-order chi connectivity index (χ0) is 23.0. The van der Waals surface area contributed by atoms with Crippen molar-refractivity contribution in [3.63, 3.8) is 0 Å². The summed E-state index contributed by atoms with van der Waals surface area (Å²) in [7, 11) is -3.35. The van der Waals surface area contributed by atoms with E-state index in [0.29, 0.717) is 5.69 Å². The van der Waals surface area contributed by atoms with E-state index in [0.717, 1.165) is 57.5 Å². The van der Waals surface area contributed by atoms with E-state index in [4.69, 9.17) is 5.73 Å². The molecule has 0 bridgehead atoms. The number of rotatable bonds is 3. The topological polar surface area (TPSA) is 72.2 Å². The fourth-order valence-corrected chi connectivity index (χ4v) is 6.76. The molecule has 1 saturated carbocycles. The molecule has 4 aromatic rings. The molecule has 3 aliphatic rings. The second kappa shape index (κ2) is 6.84. The Morgan fingerprint density at radius 3 is 1.71 bits per heavy atom. The van der Waals surface area contributed by atoms with E-state index in [1.807, 2.05) is 24.3 Å². The second-order valence-corrected chi connectivity index (χ2v) is 11.2. The highest BCUT2D eigenvalue weighted by Crippen LogP contribution is 2.54. The summed E-state index contributed by atoms with van der Waals surface area (Å²) in [6.07, 6.45) is 1.46. The first-order chi connectivity index (χ1) is 16.5. The van der Waals surface area contributed by atoms with Crippen LogP contribution in [0, 0.1) is 0 Å². The average Bonchev–Trinajstić information content (AvgIpc) is 3.60. The monoisotopic (exact) mass is 462 g/mol. The first-order valence-electron chi connectivity index (χ1n) is 11.5. The first kappa shape index (κ1) is 19.6. The number of hydrogen-bond acceptors (Lipinski definition) is 3. The van der Waals surface area contributed by atoms with Crippen molar-refractivity contribution >= 4 is 32.5 Å². The highest BCUT2D eigenvalue weighted by Gasteiger charge is 2.36.